The number of benzene rings is 1. The van der Waals surface area contributed by atoms with Crippen molar-refractivity contribution in [2.24, 2.45) is 0 Å². The number of amides is 1. The predicted molar refractivity (Wildman–Crippen MR) is 89.3 cm³/mol. The number of rotatable bonds is 4. The number of nitrogens with zero attached hydrogens (tertiary/aromatic N) is 3. The molecule has 0 spiro atoms. The van der Waals surface area contributed by atoms with Gasteiger partial charge in [0.1, 0.15) is 11.9 Å². The third-order valence-electron chi connectivity index (χ3n) is 4.31. The van der Waals surface area contributed by atoms with Crippen LogP contribution in [-0.2, 0) is 4.79 Å². The third-order valence-corrected chi connectivity index (χ3v) is 4.31. The fraction of sp³-hybridized carbons (Fsp3) is 0.333. The first-order chi connectivity index (χ1) is 11.2. The summed E-state index contributed by atoms with van der Waals surface area (Å²) in [4.78, 5) is 19.4. The molecule has 0 bridgehead atoms. The molecule has 1 aliphatic heterocycles. The summed E-state index contributed by atoms with van der Waals surface area (Å²) in [5, 5.41) is 10.5. The van der Waals surface area contributed by atoms with E-state index >= 15 is 0 Å². The molecule has 1 N–H and O–H groups in total. The standard InChI is InChI=1S/C18H21N3O2/c1-14-16(18(23)15-5-3-2-4-6-15)7-8-17(19-14)21-11-9-20(13-22)10-12-21/h2-8,13,18,23H,9-12H2,1H3/t18-/m1/s1. The molecule has 1 aromatic carbocycles. The number of aryl methyl sites for hydroxylation is 1. The van der Waals surface area contributed by atoms with Crippen molar-refractivity contribution in [3.05, 3.63) is 59.3 Å². The Morgan fingerprint density at radius 2 is 1.78 bits per heavy atom. The van der Waals surface area contributed by atoms with Crippen molar-refractivity contribution in [3.8, 4) is 0 Å². The molecule has 5 nitrogen and oxygen atoms in total. The van der Waals surface area contributed by atoms with Gasteiger partial charge in [0.25, 0.3) is 0 Å². The number of carbonyl (C=O) groups is 1. The van der Waals surface area contributed by atoms with Crippen LogP contribution < -0.4 is 4.90 Å². The molecule has 23 heavy (non-hydrogen) atoms. The summed E-state index contributed by atoms with van der Waals surface area (Å²) in [5.74, 6) is 0.900. The highest BCUT2D eigenvalue weighted by molar-refractivity contribution is 5.49. The number of aliphatic hydroxyl groups is 1. The van der Waals surface area contributed by atoms with Gasteiger partial charge in [-0.05, 0) is 18.6 Å². The van der Waals surface area contributed by atoms with E-state index in [2.05, 4.69) is 9.88 Å². The first kappa shape index (κ1) is 15.5. The van der Waals surface area contributed by atoms with Crippen molar-refractivity contribution in [1.82, 2.24) is 9.88 Å². The van der Waals surface area contributed by atoms with Crippen molar-refractivity contribution in [2.75, 3.05) is 31.1 Å². The average Bonchev–Trinajstić information content (AvgIpc) is 2.62. The lowest BCUT2D eigenvalue weighted by Crippen LogP contribution is -2.46. The van der Waals surface area contributed by atoms with Crippen LogP contribution in [0.2, 0.25) is 0 Å². The first-order valence-corrected chi connectivity index (χ1v) is 7.84. The van der Waals surface area contributed by atoms with Gasteiger partial charge in [0.15, 0.2) is 0 Å². The van der Waals surface area contributed by atoms with E-state index in [1.54, 1.807) is 4.90 Å². The van der Waals surface area contributed by atoms with Crippen LogP contribution in [0.15, 0.2) is 42.5 Å². The van der Waals surface area contributed by atoms with Crippen molar-refractivity contribution in [3.63, 3.8) is 0 Å². The van der Waals surface area contributed by atoms with E-state index in [9.17, 15) is 9.90 Å². The quantitative estimate of drug-likeness (QED) is 0.874. The minimum absolute atomic E-state index is 0.662. The molecular weight excluding hydrogens is 290 g/mol. The monoisotopic (exact) mass is 311 g/mol. The number of hydrogen-bond donors (Lipinski definition) is 1. The van der Waals surface area contributed by atoms with Crippen LogP contribution in [0.3, 0.4) is 0 Å². The maximum atomic E-state index is 10.8. The van der Waals surface area contributed by atoms with E-state index in [0.29, 0.717) is 0 Å². The second-order valence-corrected chi connectivity index (χ2v) is 5.79. The molecule has 2 heterocycles. The molecule has 1 aromatic heterocycles. The number of anilines is 1. The topological polar surface area (TPSA) is 56.7 Å². The molecule has 5 heteroatoms. The maximum Gasteiger partial charge on any atom is 0.209 e. The summed E-state index contributed by atoms with van der Waals surface area (Å²) >= 11 is 0. The van der Waals surface area contributed by atoms with E-state index < -0.39 is 6.10 Å². The molecule has 1 fully saturated rings. The molecule has 3 rings (SSSR count). The van der Waals surface area contributed by atoms with Crippen LogP contribution >= 0.6 is 0 Å². The molecule has 120 valence electrons. The van der Waals surface area contributed by atoms with Gasteiger partial charge in [0.2, 0.25) is 6.41 Å². The zero-order valence-corrected chi connectivity index (χ0v) is 13.2. The number of piperazine rings is 1. The van der Waals surface area contributed by atoms with Gasteiger partial charge >= 0.3 is 0 Å². The Morgan fingerprint density at radius 3 is 2.39 bits per heavy atom. The average molecular weight is 311 g/mol. The predicted octanol–water partition coefficient (Wildman–Crippen LogP) is 1.75. The number of aliphatic hydroxyl groups excluding tert-OH is 1. The Bertz CT molecular complexity index is 667. The Labute approximate surface area is 136 Å². The van der Waals surface area contributed by atoms with Gasteiger partial charge in [-0.15, -0.1) is 0 Å². The summed E-state index contributed by atoms with van der Waals surface area (Å²) in [6, 6.07) is 13.5. The minimum Gasteiger partial charge on any atom is -0.384 e. The number of hydrogen-bond acceptors (Lipinski definition) is 4. The van der Waals surface area contributed by atoms with Crippen LogP contribution in [0.1, 0.15) is 22.9 Å². The highest BCUT2D eigenvalue weighted by Crippen LogP contribution is 2.26. The SMILES string of the molecule is Cc1nc(N2CCN(C=O)CC2)ccc1[C@H](O)c1ccccc1. The van der Waals surface area contributed by atoms with Gasteiger partial charge in [0.05, 0.1) is 0 Å². The normalized spacial score (nSPS) is 16.3. The van der Waals surface area contributed by atoms with Gasteiger partial charge in [-0.1, -0.05) is 36.4 Å². The minimum atomic E-state index is -0.662. The van der Waals surface area contributed by atoms with E-state index in [1.165, 1.54) is 0 Å². The van der Waals surface area contributed by atoms with Crippen LogP contribution in [-0.4, -0.2) is 47.6 Å². The fourth-order valence-electron chi connectivity index (χ4n) is 2.90. The van der Waals surface area contributed by atoms with Gasteiger partial charge < -0.3 is 14.9 Å². The van der Waals surface area contributed by atoms with Gasteiger partial charge in [-0.2, -0.15) is 0 Å². The lowest BCUT2D eigenvalue weighted by Gasteiger charge is -2.33. The van der Waals surface area contributed by atoms with Crippen LogP contribution in [0.5, 0.6) is 0 Å². The summed E-state index contributed by atoms with van der Waals surface area (Å²) in [6.07, 6.45) is 0.236. The molecule has 1 atom stereocenters. The second-order valence-electron chi connectivity index (χ2n) is 5.79. The molecule has 0 saturated carbocycles. The maximum absolute atomic E-state index is 10.8. The van der Waals surface area contributed by atoms with Gasteiger partial charge in [-0.25, -0.2) is 4.98 Å². The summed E-state index contributed by atoms with van der Waals surface area (Å²) in [7, 11) is 0. The summed E-state index contributed by atoms with van der Waals surface area (Å²) in [5.41, 5.74) is 2.52. The second kappa shape index (κ2) is 6.79. The Balaban J connectivity index is 1.77. The highest BCUT2D eigenvalue weighted by Gasteiger charge is 2.19. The van der Waals surface area contributed by atoms with Gasteiger partial charge in [-0.3, -0.25) is 4.79 Å². The van der Waals surface area contributed by atoms with Crippen molar-refractivity contribution in [1.29, 1.82) is 0 Å². The molecule has 2 aromatic rings. The molecule has 0 radical (unpaired) electrons. The molecule has 1 amide bonds. The molecular formula is C18H21N3O2. The van der Waals surface area contributed by atoms with Crippen LogP contribution in [0.4, 0.5) is 5.82 Å². The lowest BCUT2D eigenvalue weighted by atomic mass is 10.0. The fourth-order valence-corrected chi connectivity index (χ4v) is 2.90. The zero-order chi connectivity index (χ0) is 16.2. The van der Waals surface area contributed by atoms with Crippen molar-refractivity contribution < 1.29 is 9.90 Å². The lowest BCUT2D eigenvalue weighted by molar-refractivity contribution is -0.118. The Kier molecular flexibility index (Phi) is 4.57. The molecule has 1 saturated heterocycles. The molecule has 0 unspecified atom stereocenters. The largest absolute Gasteiger partial charge is 0.384 e. The van der Waals surface area contributed by atoms with Crippen molar-refractivity contribution >= 4 is 12.2 Å². The summed E-state index contributed by atoms with van der Waals surface area (Å²) in [6.45, 7) is 4.93. The van der Waals surface area contributed by atoms with E-state index in [-0.39, 0.29) is 0 Å². The zero-order valence-electron chi connectivity index (χ0n) is 13.2. The number of pyridine rings is 1. The summed E-state index contributed by atoms with van der Waals surface area (Å²) < 4.78 is 0. The Hall–Kier alpha value is -2.40. The van der Waals surface area contributed by atoms with Gasteiger partial charge in [0, 0.05) is 37.4 Å². The molecule has 1 aliphatic rings. The third kappa shape index (κ3) is 3.35. The number of carbonyl (C=O) groups excluding carboxylic acids is 1. The Morgan fingerprint density at radius 1 is 1.09 bits per heavy atom. The van der Waals surface area contributed by atoms with E-state index in [0.717, 1.165) is 55.2 Å². The number of aromatic nitrogens is 1. The molecule has 0 aliphatic carbocycles. The van der Waals surface area contributed by atoms with E-state index in [1.807, 2.05) is 49.4 Å². The van der Waals surface area contributed by atoms with Crippen LogP contribution in [0.25, 0.3) is 0 Å². The van der Waals surface area contributed by atoms with Crippen molar-refractivity contribution in [2.45, 2.75) is 13.0 Å². The highest BCUT2D eigenvalue weighted by atomic mass is 16.3. The first-order valence-electron chi connectivity index (χ1n) is 7.84. The van der Waals surface area contributed by atoms with E-state index in [4.69, 9.17) is 0 Å². The smallest absolute Gasteiger partial charge is 0.209 e. The van der Waals surface area contributed by atoms with Crippen LogP contribution in [0, 0.1) is 6.92 Å².